The third-order valence-electron chi connectivity index (χ3n) is 8.70. The maximum Gasteiger partial charge on any atom is 0.269 e. The summed E-state index contributed by atoms with van der Waals surface area (Å²) in [5.41, 5.74) is 2.66. The Morgan fingerprint density at radius 1 is 0.939 bits per heavy atom. The van der Waals surface area contributed by atoms with Gasteiger partial charge in [-0.3, -0.25) is 14.5 Å². The molecule has 4 aromatic carbocycles. The lowest BCUT2D eigenvalue weighted by atomic mass is 10.0. The molecule has 2 N–H and O–H groups in total. The zero-order chi connectivity index (χ0) is 33.9. The van der Waals surface area contributed by atoms with Gasteiger partial charge >= 0.3 is 0 Å². The van der Waals surface area contributed by atoms with Crippen molar-refractivity contribution in [2.24, 2.45) is 10.9 Å². The Hall–Kier alpha value is -5.68. The van der Waals surface area contributed by atoms with E-state index >= 15 is 8.78 Å². The number of rotatable bonds is 9. The van der Waals surface area contributed by atoms with Crippen LogP contribution in [0.3, 0.4) is 0 Å². The average Bonchev–Trinajstić information content (AvgIpc) is 3.43. The molecule has 0 fully saturated rings. The van der Waals surface area contributed by atoms with E-state index in [1.165, 1.54) is 23.8 Å². The maximum absolute atomic E-state index is 15.2. The molecule has 0 saturated carbocycles. The number of fused-ring (bicyclic) bond motifs is 2. The monoisotopic (exact) mass is 660 g/mol. The van der Waals surface area contributed by atoms with Crippen LogP contribution in [0.1, 0.15) is 34.0 Å². The van der Waals surface area contributed by atoms with Gasteiger partial charge in [0.2, 0.25) is 12.0 Å². The van der Waals surface area contributed by atoms with Gasteiger partial charge in [0, 0.05) is 35.7 Å². The minimum absolute atomic E-state index is 0.0163. The number of hydrogen-bond donors (Lipinski definition) is 2. The summed E-state index contributed by atoms with van der Waals surface area (Å²) in [5, 5.41) is 9.99. The molecule has 1 aromatic heterocycles. The second kappa shape index (κ2) is 13.8. The SMILES string of the molecule is CCN(Cc1ccccc1)CC1COc2c(C(=O)N[C@H]3N=C(c4ccccc4)c4cccc(F)c4NC3=O)c(-c3ccccc3F)nn2C1. The average molecular weight is 661 g/mol. The summed E-state index contributed by atoms with van der Waals surface area (Å²) in [5.74, 6) is -2.46. The number of halogens is 2. The zero-order valence-electron chi connectivity index (χ0n) is 26.8. The van der Waals surface area contributed by atoms with Gasteiger partial charge in [-0.25, -0.2) is 18.5 Å². The van der Waals surface area contributed by atoms with Crippen LogP contribution in [0.5, 0.6) is 5.88 Å². The molecule has 49 heavy (non-hydrogen) atoms. The Kier molecular flexibility index (Phi) is 8.99. The largest absolute Gasteiger partial charge is 0.477 e. The van der Waals surface area contributed by atoms with E-state index in [4.69, 9.17) is 9.84 Å². The molecule has 5 aromatic rings. The summed E-state index contributed by atoms with van der Waals surface area (Å²) >= 11 is 0. The van der Waals surface area contributed by atoms with Crippen LogP contribution in [-0.4, -0.2) is 58.1 Å². The fourth-order valence-electron chi connectivity index (χ4n) is 6.30. The smallest absolute Gasteiger partial charge is 0.269 e. The van der Waals surface area contributed by atoms with Gasteiger partial charge in [-0.1, -0.05) is 91.9 Å². The molecule has 2 amide bonds. The van der Waals surface area contributed by atoms with Crippen molar-refractivity contribution in [2.75, 3.05) is 25.0 Å². The summed E-state index contributed by atoms with van der Waals surface area (Å²) < 4.78 is 38.1. The van der Waals surface area contributed by atoms with Gasteiger partial charge in [-0.05, 0) is 30.3 Å². The number of amides is 2. The van der Waals surface area contributed by atoms with Crippen LogP contribution in [0.15, 0.2) is 108 Å². The van der Waals surface area contributed by atoms with E-state index in [9.17, 15) is 9.59 Å². The molecular weight excluding hydrogens is 626 g/mol. The first-order valence-corrected chi connectivity index (χ1v) is 16.2. The lowest BCUT2D eigenvalue weighted by Gasteiger charge is -2.30. The van der Waals surface area contributed by atoms with Crippen molar-refractivity contribution in [3.05, 3.63) is 137 Å². The molecule has 248 valence electrons. The molecule has 7 rings (SSSR count). The summed E-state index contributed by atoms with van der Waals surface area (Å²) in [7, 11) is 0. The number of ether oxygens (including phenoxy) is 1. The first-order chi connectivity index (χ1) is 23.9. The fraction of sp³-hybridized carbons (Fsp3) is 0.211. The first-order valence-electron chi connectivity index (χ1n) is 16.2. The number of carbonyl (C=O) groups excluding carboxylic acids is 2. The van der Waals surface area contributed by atoms with E-state index in [0.29, 0.717) is 30.0 Å². The first kappa shape index (κ1) is 31.9. The van der Waals surface area contributed by atoms with Crippen molar-refractivity contribution in [3.63, 3.8) is 0 Å². The van der Waals surface area contributed by atoms with Gasteiger partial charge in [0.1, 0.15) is 22.9 Å². The van der Waals surface area contributed by atoms with Crippen LogP contribution >= 0.6 is 0 Å². The molecule has 0 radical (unpaired) electrons. The topological polar surface area (TPSA) is 101 Å². The Morgan fingerprint density at radius 2 is 1.63 bits per heavy atom. The van der Waals surface area contributed by atoms with E-state index < -0.39 is 29.6 Å². The number of para-hydroxylation sites is 1. The Balaban J connectivity index is 1.21. The molecule has 2 aliphatic rings. The van der Waals surface area contributed by atoms with Crippen molar-refractivity contribution in [2.45, 2.75) is 26.2 Å². The molecule has 1 unspecified atom stereocenters. The zero-order valence-corrected chi connectivity index (χ0v) is 26.8. The van der Waals surface area contributed by atoms with Crippen molar-refractivity contribution in [1.82, 2.24) is 20.0 Å². The maximum atomic E-state index is 15.2. The van der Waals surface area contributed by atoms with Crippen LogP contribution in [-0.2, 0) is 17.9 Å². The van der Waals surface area contributed by atoms with Crippen LogP contribution < -0.4 is 15.4 Å². The molecule has 0 saturated heterocycles. The van der Waals surface area contributed by atoms with Gasteiger partial charge in [-0.15, -0.1) is 0 Å². The van der Waals surface area contributed by atoms with Crippen molar-refractivity contribution >= 4 is 23.2 Å². The molecule has 0 aliphatic carbocycles. The Bertz CT molecular complexity index is 2030. The minimum Gasteiger partial charge on any atom is -0.477 e. The lowest BCUT2D eigenvalue weighted by Crippen LogP contribution is -2.43. The molecule has 0 spiro atoms. The molecule has 9 nitrogen and oxygen atoms in total. The number of benzodiazepines with no additional fused rings is 1. The van der Waals surface area contributed by atoms with E-state index in [2.05, 4.69) is 39.6 Å². The highest BCUT2D eigenvalue weighted by molar-refractivity contribution is 6.20. The third-order valence-corrected chi connectivity index (χ3v) is 8.70. The summed E-state index contributed by atoms with van der Waals surface area (Å²) in [6.07, 6.45) is -1.45. The standard InChI is InChI=1S/C38H34F2N6O3/c1-2-45(20-24-12-5-3-6-13-24)21-25-22-46-38(49-23-25)31(34(44-46)27-16-9-10-18-29(27)39)36(47)43-35-37(48)42-33-28(17-11-19-30(33)40)32(41-35)26-14-7-4-8-15-26/h3-19,25,35H,2,20-23H2,1H3,(H,42,48)(H,43,47)/t25?,35-/m1/s1. The predicted octanol–water partition coefficient (Wildman–Crippen LogP) is 5.90. The highest BCUT2D eigenvalue weighted by Crippen LogP contribution is 2.35. The normalized spacial score (nSPS) is 16.9. The minimum atomic E-state index is -1.45. The van der Waals surface area contributed by atoms with Crippen LogP contribution in [0.25, 0.3) is 11.3 Å². The second-order valence-corrected chi connectivity index (χ2v) is 12.1. The van der Waals surface area contributed by atoms with E-state index in [0.717, 1.165) is 19.6 Å². The summed E-state index contributed by atoms with van der Waals surface area (Å²) in [4.78, 5) is 34.7. The number of anilines is 1. The molecule has 11 heteroatoms. The van der Waals surface area contributed by atoms with Crippen LogP contribution in [0.4, 0.5) is 14.5 Å². The molecule has 2 atom stereocenters. The fourth-order valence-corrected chi connectivity index (χ4v) is 6.30. The van der Waals surface area contributed by atoms with E-state index in [-0.39, 0.29) is 34.3 Å². The van der Waals surface area contributed by atoms with Crippen LogP contribution in [0, 0.1) is 17.6 Å². The Labute approximate surface area is 282 Å². The van der Waals surface area contributed by atoms with Crippen molar-refractivity contribution in [3.8, 4) is 17.1 Å². The Morgan fingerprint density at radius 3 is 2.39 bits per heavy atom. The highest BCUT2D eigenvalue weighted by atomic mass is 19.1. The lowest BCUT2D eigenvalue weighted by molar-refractivity contribution is -0.117. The molecule has 0 bridgehead atoms. The van der Waals surface area contributed by atoms with Gasteiger partial charge < -0.3 is 15.4 Å². The number of nitrogens with zero attached hydrogens (tertiary/aromatic N) is 4. The number of aliphatic imine (C=N–C) groups is 1. The number of hydrogen-bond acceptors (Lipinski definition) is 6. The van der Waals surface area contributed by atoms with Gasteiger partial charge in [0.25, 0.3) is 11.8 Å². The number of carbonyl (C=O) groups is 2. The predicted molar refractivity (Wildman–Crippen MR) is 182 cm³/mol. The number of benzene rings is 4. The highest BCUT2D eigenvalue weighted by Gasteiger charge is 2.35. The van der Waals surface area contributed by atoms with E-state index in [1.807, 2.05) is 24.3 Å². The van der Waals surface area contributed by atoms with Crippen molar-refractivity contribution < 1.29 is 23.1 Å². The quantitative estimate of drug-likeness (QED) is 0.205. The summed E-state index contributed by atoms with van der Waals surface area (Å²) in [6, 6.07) is 29.7. The van der Waals surface area contributed by atoms with Gasteiger partial charge in [-0.2, -0.15) is 5.10 Å². The third kappa shape index (κ3) is 6.57. The second-order valence-electron chi connectivity index (χ2n) is 12.1. The molecular formula is C38H34F2N6O3. The van der Waals surface area contributed by atoms with Crippen molar-refractivity contribution in [1.29, 1.82) is 0 Å². The molecule has 2 aliphatic heterocycles. The number of aromatic nitrogens is 2. The van der Waals surface area contributed by atoms with Gasteiger partial charge in [0.05, 0.1) is 24.6 Å². The number of nitrogens with one attached hydrogen (secondary N) is 2. The van der Waals surface area contributed by atoms with Crippen LogP contribution in [0.2, 0.25) is 0 Å². The molecule has 3 heterocycles. The summed E-state index contributed by atoms with van der Waals surface area (Å²) in [6.45, 7) is 5.17. The van der Waals surface area contributed by atoms with Gasteiger partial charge in [0.15, 0.2) is 0 Å². The van der Waals surface area contributed by atoms with E-state index in [1.54, 1.807) is 53.2 Å².